The average Bonchev–Trinajstić information content (AvgIpc) is 2.18. The fraction of sp³-hybridized carbons (Fsp3) is 0.500. The molecule has 0 aromatic carbocycles. The second-order valence-corrected chi connectivity index (χ2v) is 4.23. The minimum Gasteiger partial charge on any atom is -0.300 e. The predicted molar refractivity (Wildman–Crippen MR) is 70.7 cm³/mol. The van der Waals surface area contributed by atoms with Crippen molar-refractivity contribution in [3.8, 4) is 0 Å². The molecule has 0 radical (unpaired) electrons. The number of aromatic nitrogens is 1. The van der Waals surface area contributed by atoms with E-state index in [0.717, 1.165) is 6.42 Å². The van der Waals surface area contributed by atoms with Crippen molar-refractivity contribution in [2.24, 2.45) is 5.92 Å². The third-order valence-electron chi connectivity index (χ3n) is 1.26. The van der Waals surface area contributed by atoms with E-state index in [2.05, 4.69) is 4.98 Å². The van der Waals surface area contributed by atoms with Gasteiger partial charge in [-0.25, -0.2) is 0 Å². The van der Waals surface area contributed by atoms with Crippen LogP contribution >= 0.6 is 0 Å². The summed E-state index contributed by atoms with van der Waals surface area (Å²) < 4.78 is 0. The molecule has 0 bridgehead atoms. The van der Waals surface area contributed by atoms with Crippen molar-refractivity contribution in [1.29, 1.82) is 0 Å². The van der Waals surface area contributed by atoms with E-state index in [1.54, 1.807) is 19.3 Å². The van der Waals surface area contributed by atoms with E-state index < -0.39 is 0 Å². The van der Waals surface area contributed by atoms with Gasteiger partial charge in [0.2, 0.25) is 0 Å². The Balaban J connectivity index is 0. The third-order valence-corrected chi connectivity index (χ3v) is 1.26. The van der Waals surface area contributed by atoms with E-state index in [-0.39, 0.29) is 11.6 Å². The van der Waals surface area contributed by atoms with Crippen LogP contribution in [-0.4, -0.2) is 16.6 Å². The molecule has 0 atom stereocenters. The van der Waals surface area contributed by atoms with Gasteiger partial charge in [-0.2, -0.15) is 0 Å². The average molecular weight is 237 g/mol. The van der Waals surface area contributed by atoms with Crippen LogP contribution in [0.4, 0.5) is 0 Å². The number of hydrogen-bond donors (Lipinski definition) is 0. The molecular weight excluding hydrogens is 214 g/mol. The molecule has 0 saturated heterocycles. The zero-order chi connectivity index (χ0) is 13.7. The smallest absolute Gasteiger partial charge is 0.130 e. The maximum atomic E-state index is 10.3. The summed E-state index contributed by atoms with van der Waals surface area (Å²) in [6.07, 6.45) is 4.22. The Hall–Kier alpha value is -1.51. The van der Waals surface area contributed by atoms with Gasteiger partial charge in [-0.3, -0.25) is 4.98 Å². The first kappa shape index (κ1) is 17.9. The lowest BCUT2D eigenvalue weighted by atomic mass is 10.1. The summed E-state index contributed by atoms with van der Waals surface area (Å²) in [6, 6.07) is 5.72. The van der Waals surface area contributed by atoms with E-state index >= 15 is 0 Å². The summed E-state index contributed by atoms with van der Waals surface area (Å²) in [5.41, 5.74) is 0. The van der Waals surface area contributed by atoms with Gasteiger partial charge in [-0.05, 0) is 38.8 Å². The van der Waals surface area contributed by atoms with Crippen LogP contribution in [-0.2, 0) is 9.59 Å². The van der Waals surface area contributed by atoms with Crippen molar-refractivity contribution < 1.29 is 9.59 Å². The number of pyridine rings is 1. The van der Waals surface area contributed by atoms with Gasteiger partial charge in [-0.1, -0.05) is 19.9 Å². The predicted octanol–water partition coefficient (Wildman–Crippen LogP) is 3.30. The Morgan fingerprint density at radius 1 is 1.00 bits per heavy atom. The topological polar surface area (TPSA) is 47.0 Å². The van der Waals surface area contributed by atoms with Crippen LogP contribution < -0.4 is 0 Å². The first-order valence-electron chi connectivity index (χ1n) is 5.67. The van der Waals surface area contributed by atoms with Crippen LogP contribution in [0.15, 0.2) is 30.6 Å². The molecule has 0 amide bonds. The number of ketones is 2. The number of rotatable bonds is 2. The molecule has 0 aliphatic heterocycles. The van der Waals surface area contributed by atoms with Crippen molar-refractivity contribution in [2.45, 2.75) is 41.0 Å². The van der Waals surface area contributed by atoms with Crippen LogP contribution in [0.25, 0.3) is 0 Å². The van der Waals surface area contributed by atoms with Crippen molar-refractivity contribution in [2.75, 3.05) is 0 Å². The third kappa shape index (κ3) is 31.4. The van der Waals surface area contributed by atoms with Gasteiger partial charge in [0.05, 0.1) is 0 Å². The van der Waals surface area contributed by atoms with E-state index in [4.69, 9.17) is 0 Å². The minimum atomic E-state index is 0.167. The molecule has 1 aromatic rings. The molecule has 0 aliphatic carbocycles. The standard InChI is InChI=1S/C6H12O.C5H5N.C3H6O/c1-5(2)4-6(3)7;1-2-4-6-5-3-1;1-3(2)4/h5H,4H2,1-3H3;1-5H;1-2H3. The van der Waals surface area contributed by atoms with Crippen molar-refractivity contribution >= 4 is 11.6 Å². The quantitative estimate of drug-likeness (QED) is 0.793. The van der Waals surface area contributed by atoms with Gasteiger partial charge in [0.15, 0.2) is 0 Å². The summed E-state index contributed by atoms with van der Waals surface area (Å²) in [7, 11) is 0. The van der Waals surface area contributed by atoms with Crippen molar-refractivity contribution in [3.63, 3.8) is 0 Å². The summed E-state index contributed by atoms with van der Waals surface area (Å²) in [6.45, 7) is 8.77. The first-order valence-corrected chi connectivity index (χ1v) is 5.67. The van der Waals surface area contributed by atoms with E-state index in [1.165, 1.54) is 13.8 Å². The molecular formula is C14H23NO2. The zero-order valence-electron chi connectivity index (χ0n) is 11.4. The number of carbonyl (C=O) groups excluding carboxylic acids is 2. The van der Waals surface area contributed by atoms with E-state index in [0.29, 0.717) is 5.92 Å². The molecule has 0 unspecified atom stereocenters. The normalized spacial score (nSPS) is 8.35. The second kappa shape index (κ2) is 12.6. The van der Waals surface area contributed by atoms with Crippen LogP contribution in [0.1, 0.15) is 41.0 Å². The second-order valence-electron chi connectivity index (χ2n) is 4.23. The maximum Gasteiger partial charge on any atom is 0.130 e. The maximum absolute atomic E-state index is 10.3. The molecule has 0 saturated carbocycles. The van der Waals surface area contributed by atoms with Gasteiger partial charge in [-0.15, -0.1) is 0 Å². The molecule has 1 heterocycles. The Morgan fingerprint density at radius 3 is 1.47 bits per heavy atom. The van der Waals surface area contributed by atoms with Gasteiger partial charge in [0.1, 0.15) is 11.6 Å². The highest BCUT2D eigenvalue weighted by Gasteiger charge is 1.95. The Labute approximate surface area is 104 Å². The minimum absolute atomic E-state index is 0.167. The van der Waals surface area contributed by atoms with Gasteiger partial charge in [0, 0.05) is 18.8 Å². The lowest BCUT2D eigenvalue weighted by Gasteiger charge is -1.95. The molecule has 17 heavy (non-hydrogen) atoms. The highest BCUT2D eigenvalue weighted by molar-refractivity contribution is 5.75. The lowest BCUT2D eigenvalue weighted by Crippen LogP contribution is -1.95. The molecule has 3 heteroatoms. The SMILES string of the molecule is CC(=O)CC(C)C.CC(C)=O.c1ccncc1. The fourth-order valence-corrected chi connectivity index (χ4v) is 0.888. The summed E-state index contributed by atoms with van der Waals surface area (Å²) in [5, 5.41) is 0. The van der Waals surface area contributed by atoms with E-state index in [1.807, 2.05) is 32.0 Å². The number of nitrogens with zero attached hydrogens (tertiary/aromatic N) is 1. The first-order chi connectivity index (χ1) is 7.86. The molecule has 96 valence electrons. The molecule has 0 spiro atoms. The Kier molecular flexibility index (Phi) is 13.2. The highest BCUT2D eigenvalue weighted by atomic mass is 16.1. The number of hydrogen-bond acceptors (Lipinski definition) is 3. The van der Waals surface area contributed by atoms with Crippen LogP contribution in [0.5, 0.6) is 0 Å². The highest BCUT2D eigenvalue weighted by Crippen LogP contribution is 1.97. The van der Waals surface area contributed by atoms with Crippen molar-refractivity contribution in [3.05, 3.63) is 30.6 Å². The molecule has 1 rings (SSSR count). The van der Waals surface area contributed by atoms with Crippen LogP contribution in [0, 0.1) is 5.92 Å². The summed E-state index contributed by atoms with van der Waals surface area (Å²) in [4.78, 5) is 23.5. The zero-order valence-corrected chi connectivity index (χ0v) is 11.4. The van der Waals surface area contributed by atoms with E-state index in [9.17, 15) is 9.59 Å². The lowest BCUT2D eigenvalue weighted by molar-refractivity contribution is -0.117. The molecule has 3 nitrogen and oxygen atoms in total. The van der Waals surface area contributed by atoms with Gasteiger partial charge < -0.3 is 9.59 Å². The molecule has 1 aromatic heterocycles. The van der Waals surface area contributed by atoms with Crippen molar-refractivity contribution in [1.82, 2.24) is 4.98 Å². The Bertz CT molecular complexity index is 264. The summed E-state index contributed by atoms with van der Waals surface area (Å²) in [5.74, 6) is 0.979. The largest absolute Gasteiger partial charge is 0.300 e. The molecule has 0 N–H and O–H groups in total. The molecule has 0 fully saturated rings. The fourth-order valence-electron chi connectivity index (χ4n) is 0.888. The van der Waals surface area contributed by atoms with Gasteiger partial charge in [0.25, 0.3) is 0 Å². The summed E-state index contributed by atoms with van der Waals surface area (Å²) >= 11 is 0. The Morgan fingerprint density at radius 2 is 1.41 bits per heavy atom. The molecule has 0 aliphatic rings. The number of carbonyl (C=O) groups is 2. The van der Waals surface area contributed by atoms with Gasteiger partial charge >= 0.3 is 0 Å². The monoisotopic (exact) mass is 237 g/mol. The van der Waals surface area contributed by atoms with Crippen LogP contribution in [0.3, 0.4) is 0 Å². The van der Waals surface area contributed by atoms with Crippen LogP contribution in [0.2, 0.25) is 0 Å². The number of Topliss-reactive ketones (excluding diaryl/α,β-unsaturated/α-hetero) is 2.